The summed E-state index contributed by atoms with van der Waals surface area (Å²) in [6, 6.07) is 7.87. The number of anilines is 1. The Morgan fingerprint density at radius 1 is 1.06 bits per heavy atom. The second-order valence-corrected chi connectivity index (χ2v) is 5.79. The van der Waals surface area contributed by atoms with Gasteiger partial charge in [0, 0.05) is 14.6 Å². The summed E-state index contributed by atoms with van der Waals surface area (Å²) in [5, 5.41) is 3.30. The van der Waals surface area contributed by atoms with Crippen LogP contribution in [0.4, 0.5) is 5.69 Å². The Kier molecular flexibility index (Phi) is 4.10. The maximum atomic E-state index is 5.32. The summed E-state index contributed by atoms with van der Waals surface area (Å²) in [4.78, 5) is 0. The normalized spacial score (nSPS) is 10.4. The molecule has 0 atom stereocenters. The Morgan fingerprint density at radius 2 is 1.88 bits per heavy atom. The molecule has 0 aliphatic carbocycles. The van der Waals surface area contributed by atoms with Gasteiger partial charge in [0.05, 0.1) is 17.3 Å². The van der Waals surface area contributed by atoms with E-state index in [1.54, 1.807) is 6.26 Å². The van der Waals surface area contributed by atoms with Crippen LogP contribution in [-0.4, -0.2) is 0 Å². The highest BCUT2D eigenvalue weighted by Crippen LogP contribution is 2.27. The predicted octanol–water partition coefficient (Wildman–Crippen LogP) is 5.18. The monoisotopic (exact) mass is 407 g/mol. The molecule has 0 aliphatic rings. The van der Waals surface area contributed by atoms with Gasteiger partial charge in [-0.05, 0) is 56.1 Å². The molecule has 0 radical (unpaired) electrons. The van der Waals surface area contributed by atoms with Crippen molar-refractivity contribution in [1.82, 2.24) is 0 Å². The Hall–Kier alpha value is -0.260. The molecule has 0 saturated carbocycles. The topological polar surface area (TPSA) is 25.2 Å². The van der Waals surface area contributed by atoms with Crippen molar-refractivity contribution in [2.24, 2.45) is 0 Å². The zero-order chi connectivity index (χ0) is 11.5. The summed E-state index contributed by atoms with van der Waals surface area (Å²) in [6.07, 6.45) is 1.66. The highest BCUT2D eigenvalue weighted by molar-refractivity contribution is 9.11. The molecule has 0 bridgehead atoms. The molecule has 1 aromatic carbocycles. The minimum absolute atomic E-state index is 0.642. The first kappa shape index (κ1) is 12.2. The summed E-state index contributed by atoms with van der Waals surface area (Å²) in [5.41, 5.74) is 1.03. The molecule has 2 nitrogen and oxygen atoms in total. The van der Waals surface area contributed by atoms with E-state index in [0.29, 0.717) is 6.54 Å². The van der Waals surface area contributed by atoms with Crippen molar-refractivity contribution in [3.8, 4) is 0 Å². The van der Waals surface area contributed by atoms with Crippen molar-refractivity contribution >= 4 is 53.5 Å². The molecule has 1 N–H and O–H groups in total. The van der Waals surface area contributed by atoms with Crippen molar-refractivity contribution in [2.45, 2.75) is 6.54 Å². The van der Waals surface area contributed by atoms with E-state index < -0.39 is 0 Å². The van der Waals surface area contributed by atoms with Crippen LogP contribution in [0.15, 0.2) is 48.4 Å². The van der Waals surface area contributed by atoms with Gasteiger partial charge in [-0.25, -0.2) is 0 Å². The van der Waals surface area contributed by atoms with Crippen molar-refractivity contribution < 1.29 is 4.42 Å². The van der Waals surface area contributed by atoms with Crippen molar-refractivity contribution in [2.75, 3.05) is 5.32 Å². The highest BCUT2D eigenvalue weighted by Gasteiger charge is 2.05. The van der Waals surface area contributed by atoms with Crippen LogP contribution in [0.1, 0.15) is 5.76 Å². The smallest absolute Gasteiger partial charge is 0.136 e. The van der Waals surface area contributed by atoms with Gasteiger partial charge in [-0.3, -0.25) is 0 Å². The van der Waals surface area contributed by atoms with Crippen LogP contribution < -0.4 is 5.32 Å². The summed E-state index contributed by atoms with van der Waals surface area (Å²) >= 11 is 10.3. The third-order valence-corrected chi connectivity index (χ3v) is 3.95. The number of rotatable bonds is 3. The number of halogens is 3. The van der Waals surface area contributed by atoms with E-state index in [2.05, 4.69) is 53.1 Å². The lowest BCUT2D eigenvalue weighted by molar-refractivity contribution is 0.516. The lowest BCUT2D eigenvalue weighted by Gasteiger charge is -2.07. The second kappa shape index (κ2) is 5.38. The fraction of sp³-hybridized carbons (Fsp3) is 0.0909. The van der Waals surface area contributed by atoms with E-state index in [4.69, 9.17) is 4.42 Å². The molecule has 0 spiro atoms. The molecule has 1 aromatic heterocycles. The largest absolute Gasteiger partial charge is 0.466 e. The zero-order valence-corrected chi connectivity index (χ0v) is 12.9. The number of nitrogens with one attached hydrogen (secondary N) is 1. The third kappa shape index (κ3) is 2.90. The SMILES string of the molecule is Brc1ccc(Br)c(NCc2occc2Br)c1. The van der Waals surface area contributed by atoms with Gasteiger partial charge >= 0.3 is 0 Å². The summed E-state index contributed by atoms with van der Waals surface area (Å²) in [7, 11) is 0. The van der Waals surface area contributed by atoms with Crippen LogP contribution in [0, 0.1) is 0 Å². The van der Waals surface area contributed by atoms with E-state index in [0.717, 1.165) is 24.9 Å². The van der Waals surface area contributed by atoms with Gasteiger partial charge in [-0.15, -0.1) is 0 Å². The molecule has 0 saturated heterocycles. The van der Waals surface area contributed by atoms with E-state index >= 15 is 0 Å². The van der Waals surface area contributed by atoms with Crippen LogP contribution in [-0.2, 0) is 6.54 Å². The molecule has 0 aliphatic heterocycles. The van der Waals surface area contributed by atoms with Gasteiger partial charge in [0.2, 0.25) is 0 Å². The Balaban J connectivity index is 2.10. The lowest BCUT2D eigenvalue weighted by Crippen LogP contribution is -1.99. The molecule has 0 unspecified atom stereocenters. The average Bonchev–Trinajstić information content (AvgIpc) is 2.66. The van der Waals surface area contributed by atoms with Gasteiger partial charge in [0.15, 0.2) is 0 Å². The Morgan fingerprint density at radius 3 is 2.56 bits per heavy atom. The summed E-state index contributed by atoms with van der Waals surface area (Å²) < 4.78 is 8.36. The zero-order valence-electron chi connectivity index (χ0n) is 8.14. The Labute approximate surface area is 119 Å². The number of furan rings is 1. The fourth-order valence-corrected chi connectivity index (χ4v) is 2.35. The van der Waals surface area contributed by atoms with Crippen LogP contribution in [0.5, 0.6) is 0 Å². The molecule has 0 amide bonds. The molecular weight excluding hydrogens is 402 g/mol. The molecule has 0 fully saturated rings. The second-order valence-electron chi connectivity index (χ2n) is 3.17. The molecule has 1 heterocycles. The minimum atomic E-state index is 0.642. The van der Waals surface area contributed by atoms with Crippen molar-refractivity contribution in [3.05, 3.63) is 49.7 Å². The lowest BCUT2D eigenvalue weighted by atomic mass is 10.3. The first-order valence-corrected chi connectivity index (χ1v) is 6.95. The van der Waals surface area contributed by atoms with Crippen LogP contribution >= 0.6 is 47.8 Å². The molecule has 5 heteroatoms. The third-order valence-electron chi connectivity index (χ3n) is 2.06. The van der Waals surface area contributed by atoms with Crippen LogP contribution in [0.3, 0.4) is 0 Å². The van der Waals surface area contributed by atoms with E-state index in [1.165, 1.54) is 0 Å². The van der Waals surface area contributed by atoms with E-state index in [1.807, 2.05) is 24.3 Å². The minimum Gasteiger partial charge on any atom is -0.466 e. The molecule has 2 rings (SSSR count). The number of benzene rings is 1. The number of hydrogen-bond acceptors (Lipinski definition) is 2. The molecule has 16 heavy (non-hydrogen) atoms. The van der Waals surface area contributed by atoms with Gasteiger partial charge in [0.25, 0.3) is 0 Å². The maximum absolute atomic E-state index is 5.32. The summed E-state index contributed by atoms with van der Waals surface area (Å²) in [6.45, 7) is 0.642. The number of hydrogen-bond donors (Lipinski definition) is 1. The molecule has 2 aromatic rings. The van der Waals surface area contributed by atoms with Gasteiger partial charge in [-0.2, -0.15) is 0 Å². The molecular formula is C11H8Br3NO. The van der Waals surface area contributed by atoms with E-state index in [9.17, 15) is 0 Å². The standard InChI is InChI=1S/C11H8Br3NO/c12-7-1-2-8(13)10(5-7)15-6-11-9(14)3-4-16-11/h1-5,15H,6H2. The predicted molar refractivity (Wildman–Crippen MR) is 75.6 cm³/mol. The van der Waals surface area contributed by atoms with Crippen molar-refractivity contribution in [3.63, 3.8) is 0 Å². The van der Waals surface area contributed by atoms with E-state index in [-0.39, 0.29) is 0 Å². The molecule has 84 valence electrons. The van der Waals surface area contributed by atoms with Gasteiger partial charge in [0.1, 0.15) is 5.76 Å². The Bertz CT molecular complexity index is 496. The van der Waals surface area contributed by atoms with Crippen LogP contribution in [0.25, 0.3) is 0 Å². The van der Waals surface area contributed by atoms with Crippen LogP contribution in [0.2, 0.25) is 0 Å². The fourth-order valence-electron chi connectivity index (χ4n) is 1.26. The summed E-state index contributed by atoms with van der Waals surface area (Å²) in [5.74, 6) is 0.881. The first-order valence-electron chi connectivity index (χ1n) is 4.57. The van der Waals surface area contributed by atoms with Gasteiger partial charge < -0.3 is 9.73 Å². The van der Waals surface area contributed by atoms with Gasteiger partial charge in [-0.1, -0.05) is 15.9 Å². The average molecular weight is 410 g/mol. The first-order chi connectivity index (χ1) is 7.66. The highest BCUT2D eigenvalue weighted by atomic mass is 79.9. The quantitative estimate of drug-likeness (QED) is 0.755. The van der Waals surface area contributed by atoms with Crippen molar-refractivity contribution in [1.29, 1.82) is 0 Å². The maximum Gasteiger partial charge on any atom is 0.136 e.